The van der Waals surface area contributed by atoms with Gasteiger partial charge in [0.05, 0.1) is 12.6 Å². The molecular formula is C14H16N4O. The van der Waals surface area contributed by atoms with Crippen LogP contribution >= 0.6 is 0 Å². The van der Waals surface area contributed by atoms with Crippen molar-refractivity contribution in [1.82, 2.24) is 9.88 Å². The fourth-order valence-electron chi connectivity index (χ4n) is 2.26. The Labute approximate surface area is 111 Å². The van der Waals surface area contributed by atoms with Crippen LogP contribution in [0.2, 0.25) is 0 Å². The van der Waals surface area contributed by atoms with Crippen LogP contribution in [0.15, 0.2) is 22.6 Å². The van der Waals surface area contributed by atoms with Gasteiger partial charge in [0.1, 0.15) is 5.52 Å². The number of benzene rings is 1. The van der Waals surface area contributed by atoms with Gasteiger partial charge in [-0.15, -0.1) is 0 Å². The van der Waals surface area contributed by atoms with E-state index in [1.165, 1.54) is 12.8 Å². The Hall–Kier alpha value is -2.06. The minimum atomic E-state index is 0.545. The van der Waals surface area contributed by atoms with Crippen molar-refractivity contribution in [3.63, 3.8) is 0 Å². The van der Waals surface area contributed by atoms with Crippen LogP contribution in [0.3, 0.4) is 0 Å². The molecule has 0 unspecified atom stereocenters. The lowest BCUT2D eigenvalue weighted by Crippen LogP contribution is -2.26. The second-order valence-corrected chi connectivity index (χ2v) is 4.94. The number of nitrogen functional groups attached to an aromatic ring is 1. The molecule has 0 aliphatic heterocycles. The molecule has 19 heavy (non-hydrogen) atoms. The molecule has 1 aliphatic carbocycles. The Morgan fingerprint density at radius 1 is 1.47 bits per heavy atom. The van der Waals surface area contributed by atoms with Crippen LogP contribution in [0.5, 0.6) is 0 Å². The van der Waals surface area contributed by atoms with E-state index in [4.69, 9.17) is 15.4 Å². The summed E-state index contributed by atoms with van der Waals surface area (Å²) in [5.41, 5.74) is 7.98. The third-order valence-corrected chi connectivity index (χ3v) is 3.37. The van der Waals surface area contributed by atoms with E-state index in [1.54, 1.807) is 0 Å². The van der Waals surface area contributed by atoms with E-state index < -0.39 is 0 Å². The fourth-order valence-corrected chi connectivity index (χ4v) is 2.26. The highest BCUT2D eigenvalue weighted by Gasteiger charge is 2.29. The number of hydrogen-bond acceptors (Lipinski definition) is 5. The molecule has 98 valence electrons. The summed E-state index contributed by atoms with van der Waals surface area (Å²) in [5.74, 6) is 0.699. The Morgan fingerprint density at radius 2 is 2.32 bits per heavy atom. The third kappa shape index (κ3) is 2.69. The van der Waals surface area contributed by atoms with Crippen LogP contribution in [0.4, 0.5) is 5.69 Å². The second kappa shape index (κ2) is 4.90. The summed E-state index contributed by atoms with van der Waals surface area (Å²) in [6, 6.07) is 8.26. The number of fused-ring (bicyclic) bond motifs is 1. The number of nitriles is 1. The van der Waals surface area contributed by atoms with Gasteiger partial charge >= 0.3 is 0 Å². The van der Waals surface area contributed by atoms with Crippen molar-refractivity contribution in [1.29, 1.82) is 5.26 Å². The third-order valence-electron chi connectivity index (χ3n) is 3.37. The number of oxazole rings is 1. The van der Waals surface area contributed by atoms with Crippen LogP contribution in [0, 0.1) is 11.3 Å². The Kier molecular flexibility index (Phi) is 3.10. The lowest BCUT2D eigenvalue weighted by atomic mass is 10.3. The fraction of sp³-hybridized carbons (Fsp3) is 0.429. The van der Waals surface area contributed by atoms with Gasteiger partial charge in [-0.05, 0) is 31.0 Å². The first-order chi connectivity index (χ1) is 9.26. The average molecular weight is 256 g/mol. The van der Waals surface area contributed by atoms with Crippen LogP contribution in [-0.4, -0.2) is 22.5 Å². The zero-order valence-electron chi connectivity index (χ0n) is 10.7. The van der Waals surface area contributed by atoms with Gasteiger partial charge in [0.15, 0.2) is 5.58 Å². The average Bonchev–Trinajstić information content (AvgIpc) is 3.15. The molecule has 1 aromatic heterocycles. The molecule has 0 amide bonds. The number of nitrogens with two attached hydrogens (primary N) is 1. The van der Waals surface area contributed by atoms with E-state index in [2.05, 4.69) is 16.0 Å². The Bertz CT molecular complexity index is 624. The van der Waals surface area contributed by atoms with E-state index in [0.29, 0.717) is 30.6 Å². The van der Waals surface area contributed by atoms with Crippen LogP contribution in [-0.2, 0) is 6.54 Å². The summed E-state index contributed by atoms with van der Waals surface area (Å²) in [7, 11) is 0. The summed E-state index contributed by atoms with van der Waals surface area (Å²) in [4.78, 5) is 6.74. The van der Waals surface area contributed by atoms with E-state index in [1.807, 2.05) is 18.2 Å². The van der Waals surface area contributed by atoms with Gasteiger partial charge in [-0.1, -0.05) is 0 Å². The minimum absolute atomic E-state index is 0.545. The SMILES string of the molecule is N#CCCN(Cc1nc2cc(N)ccc2o1)C1CC1. The molecule has 1 heterocycles. The normalized spacial score (nSPS) is 14.9. The van der Waals surface area contributed by atoms with Crippen LogP contribution < -0.4 is 5.73 Å². The molecule has 5 nitrogen and oxygen atoms in total. The quantitative estimate of drug-likeness (QED) is 0.830. The number of aromatic nitrogens is 1. The van der Waals surface area contributed by atoms with Gasteiger partial charge in [-0.2, -0.15) is 5.26 Å². The lowest BCUT2D eigenvalue weighted by Gasteiger charge is -2.18. The maximum absolute atomic E-state index is 8.70. The number of rotatable bonds is 5. The van der Waals surface area contributed by atoms with E-state index >= 15 is 0 Å². The van der Waals surface area contributed by atoms with Gasteiger partial charge in [-0.25, -0.2) is 4.98 Å². The molecule has 1 fully saturated rings. The van der Waals surface area contributed by atoms with Gasteiger partial charge in [0, 0.05) is 24.7 Å². The molecule has 5 heteroatoms. The monoisotopic (exact) mass is 256 g/mol. The molecule has 0 bridgehead atoms. The number of hydrogen-bond donors (Lipinski definition) is 1. The first-order valence-electron chi connectivity index (χ1n) is 6.52. The molecule has 0 radical (unpaired) electrons. The summed E-state index contributed by atoms with van der Waals surface area (Å²) >= 11 is 0. The molecular weight excluding hydrogens is 240 g/mol. The van der Waals surface area contributed by atoms with Crippen molar-refractivity contribution >= 4 is 16.8 Å². The first kappa shape index (κ1) is 12.0. The maximum Gasteiger partial charge on any atom is 0.209 e. The van der Waals surface area contributed by atoms with Crippen LogP contribution in [0.25, 0.3) is 11.1 Å². The molecule has 3 rings (SSSR count). The van der Waals surface area contributed by atoms with E-state index in [-0.39, 0.29) is 0 Å². The van der Waals surface area contributed by atoms with Gasteiger partial charge in [0.25, 0.3) is 0 Å². The summed E-state index contributed by atoms with van der Waals surface area (Å²) < 4.78 is 5.72. The molecule has 0 spiro atoms. The van der Waals surface area contributed by atoms with E-state index in [9.17, 15) is 0 Å². The van der Waals surface area contributed by atoms with Crippen molar-refractivity contribution in [2.24, 2.45) is 0 Å². The topological polar surface area (TPSA) is 79.1 Å². The molecule has 1 aromatic carbocycles. The summed E-state index contributed by atoms with van der Waals surface area (Å²) in [5, 5.41) is 8.70. The minimum Gasteiger partial charge on any atom is -0.439 e. The largest absolute Gasteiger partial charge is 0.439 e. The highest BCUT2D eigenvalue weighted by molar-refractivity contribution is 5.76. The Balaban J connectivity index is 1.77. The van der Waals surface area contributed by atoms with Crippen molar-refractivity contribution in [3.8, 4) is 6.07 Å². The van der Waals surface area contributed by atoms with Crippen molar-refractivity contribution < 1.29 is 4.42 Å². The maximum atomic E-state index is 8.70. The van der Waals surface area contributed by atoms with Crippen molar-refractivity contribution in [2.45, 2.75) is 31.8 Å². The van der Waals surface area contributed by atoms with Gasteiger partial charge < -0.3 is 10.2 Å². The summed E-state index contributed by atoms with van der Waals surface area (Å²) in [6.45, 7) is 1.45. The summed E-state index contributed by atoms with van der Waals surface area (Å²) in [6.07, 6.45) is 2.96. The standard InChI is InChI=1S/C14H16N4O/c15-6-1-7-18(11-3-4-11)9-14-17-12-8-10(16)2-5-13(12)19-14/h2,5,8,11H,1,3-4,7,9,16H2. The molecule has 1 saturated carbocycles. The zero-order chi connectivity index (χ0) is 13.2. The lowest BCUT2D eigenvalue weighted by molar-refractivity contribution is 0.236. The Morgan fingerprint density at radius 3 is 3.05 bits per heavy atom. The molecule has 2 N–H and O–H groups in total. The van der Waals surface area contributed by atoms with E-state index in [0.717, 1.165) is 17.6 Å². The molecule has 1 aliphatic rings. The predicted octanol–water partition coefficient (Wildman–Crippen LogP) is 2.29. The van der Waals surface area contributed by atoms with Crippen molar-refractivity contribution in [3.05, 3.63) is 24.1 Å². The molecule has 0 atom stereocenters. The molecule has 0 saturated heterocycles. The smallest absolute Gasteiger partial charge is 0.209 e. The predicted molar refractivity (Wildman–Crippen MR) is 72.1 cm³/mol. The second-order valence-electron chi connectivity index (χ2n) is 4.94. The highest BCUT2D eigenvalue weighted by atomic mass is 16.3. The number of nitrogens with zero attached hydrogens (tertiary/aromatic N) is 3. The van der Waals surface area contributed by atoms with Crippen molar-refractivity contribution in [2.75, 3.05) is 12.3 Å². The van der Waals surface area contributed by atoms with Gasteiger partial charge in [-0.3, -0.25) is 4.90 Å². The molecule has 2 aromatic rings. The number of anilines is 1. The van der Waals surface area contributed by atoms with Crippen LogP contribution in [0.1, 0.15) is 25.2 Å². The first-order valence-corrected chi connectivity index (χ1v) is 6.52. The highest BCUT2D eigenvalue weighted by Crippen LogP contribution is 2.29. The zero-order valence-corrected chi connectivity index (χ0v) is 10.7. The van der Waals surface area contributed by atoms with Gasteiger partial charge in [0.2, 0.25) is 5.89 Å².